The molecule has 1 N–H and O–H groups in total. The van der Waals surface area contributed by atoms with E-state index in [9.17, 15) is 14.0 Å². The molecule has 2 amide bonds. The molecule has 2 heterocycles. The smallest absolute Gasteiger partial charge is 0.251 e. The molecule has 1 fully saturated rings. The molecule has 4 aromatic rings. The Hall–Kier alpha value is -4.34. The maximum absolute atomic E-state index is 14.1. The molecule has 1 atom stereocenters. The Morgan fingerprint density at radius 2 is 1.80 bits per heavy atom. The minimum Gasteiger partial charge on any atom is -0.458 e. The fraction of sp³-hybridized carbons (Fsp3) is 0.367. The van der Waals surface area contributed by atoms with Gasteiger partial charge in [0.1, 0.15) is 24.2 Å². The van der Waals surface area contributed by atoms with E-state index in [1.807, 2.05) is 39.0 Å². The Morgan fingerprint density at radius 3 is 2.48 bits per heavy atom. The summed E-state index contributed by atoms with van der Waals surface area (Å²) in [5.41, 5.74) is 2.92. The van der Waals surface area contributed by atoms with E-state index in [0.29, 0.717) is 22.8 Å². The Balaban J connectivity index is 1.53. The van der Waals surface area contributed by atoms with Gasteiger partial charge in [0.15, 0.2) is 5.76 Å². The summed E-state index contributed by atoms with van der Waals surface area (Å²) in [6, 6.07) is 13.9. The molecule has 1 aliphatic rings. The molecule has 0 aliphatic heterocycles. The first-order valence-electron chi connectivity index (χ1n) is 13.6. The molecule has 2 aromatic carbocycles. The van der Waals surface area contributed by atoms with Gasteiger partial charge in [-0.05, 0) is 80.3 Å². The van der Waals surface area contributed by atoms with Crippen LogP contribution in [0.4, 0.5) is 10.1 Å². The summed E-state index contributed by atoms with van der Waals surface area (Å²) in [4.78, 5) is 30.7. The van der Waals surface area contributed by atoms with Crippen LogP contribution in [0.25, 0.3) is 11.6 Å². The SMILES string of the molecule is Cc1ccc(N(C(=O)Cn2nnc(-c3ccc(C)o3)n2)C(C(=O)NC2CCCCC2)c2ccc(F)cc2)c(C)c1. The molecular formula is C30H33FN6O3. The van der Waals surface area contributed by atoms with E-state index >= 15 is 0 Å². The van der Waals surface area contributed by atoms with Crippen molar-refractivity contribution in [3.63, 3.8) is 0 Å². The van der Waals surface area contributed by atoms with Crippen LogP contribution in [0.15, 0.2) is 59.0 Å². The first-order chi connectivity index (χ1) is 19.3. The van der Waals surface area contributed by atoms with E-state index in [0.717, 1.165) is 43.2 Å². The van der Waals surface area contributed by atoms with Crippen LogP contribution >= 0.6 is 0 Å². The number of carbonyl (C=O) groups is 2. The largest absolute Gasteiger partial charge is 0.458 e. The van der Waals surface area contributed by atoms with Gasteiger partial charge < -0.3 is 9.73 Å². The van der Waals surface area contributed by atoms with Gasteiger partial charge in [-0.2, -0.15) is 4.80 Å². The summed E-state index contributed by atoms with van der Waals surface area (Å²) in [7, 11) is 0. The number of hydrogen-bond donors (Lipinski definition) is 1. The third-order valence-electron chi connectivity index (χ3n) is 7.21. The molecular weight excluding hydrogens is 511 g/mol. The van der Waals surface area contributed by atoms with Crippen molar-refractivity contribution in [3.8, 4) is 11.6 Å². The predicted octanol–water partition coefficient (Wildman–Crippen LogP) is 5.22. The highest BCUT2D eigenvalue weighted by atomic mass is 19.1. The molecule has 1 aliphatic carbocycles. The Bertz CT molecular complexity index is 1490. The zero-order valence-corrected chi connectivity index (χ0v) is 22.9. The highest BCUT2D eigenvalue weighted by Crippen LogP contribution is 2.32. The topological polar surface area (TPSA) is 106 Å². The number of amides is 2. The van der Waals surface area contributed by atoms with Crippen LogP contribution in [0.5, 0.6) is 0 Å². The van der Waals surface area contributed by atoms with E-state index in [-0.39, 0.29) is 24.3 Å². The highest BCUT2D eigenvalue weighted by molar-refractivity contribution is 6.01. The van der Waals surface area contributed by atoms with Gasteiger partial charge in [0, 0.05) is 11.7 Å². The van der Waals surface area contributed by atoms with Crippen LogP contribution in [-0.2, 0) is 16.1 Å². The summed E-state index contributed by atoms with van der Waals surface area (Å²) in [5.74, 6) is 0.244. The molecule has 9 nitrogen and oxygen atoms in total. The maximum Gasteiger partial charge on any atom is 0.251 e. The highest BCUT2D eigenvalue weighted by Gasteiger charge is 2.35. The van der Waals surface area contributed by atoms with Gasteiger partial charge in [-0.3, -0.25) is 14.5 Å². The molecule has 40 heavy (non-hydrogen) atoms. The second kappa shape index (κ2) is 11.8. The van der Waals surface area contributed by atoms with Crippen molar-refractivity contribution in [2.24, 2.45) is 0 Å². The third-order valence-corrected chi connectivity index (χ3v) is 7.21. The van der Waals surface area contributed by atoms with Crippen molar-refractivity contribution in [3.05, 3.63) is 82.9 Å². The number of hydrogen-bond acceptors (Lipinski definition) is 6. The molecule has 0 radical (unpaired) electrons. The van der Waals surface area contributed by atoms with E-state index in [1.165, 1.54) is 21.8 Å². The van der Waals surface area contributed by atoms with Crippen molar-refractivity contribution in [1.82, 2.24) is 25.5 Å². The molecule has 0 spiro atoms. The van der Waals surface area contributed by atoms with Gasteiger partial charge in [0.25, 0.3) is 5.91 Å². The Labute approximate surface area is 232 Å². The minimum atomic E-state index is -1.04. The van der Waals surface area contributed by atoms with Gasteiger partial charge in [-0.25, -0.2) is 4.39 Å². The standard InChI is InChI=1S/C30H33FN6O3/c1-19-9-15-25(20(2)17-19)37(27(38)18-36-34-29(33-35-36)26-16-10-21(3)40-26)28(22-11-13-23(31)14-12-22)30(39)32-24-7-5-4-6-8-24/h9-17,24,28H,4-8,18H2,1-3H3,(H,32,39). The zero-order valence-electron chi connectivity index (χ0n) is 22.9. The molecule has 0 saturated heterocycles. The van der Waals surface area contributed by atoms with Gasteiger partial charge in [-0.15, -0.1) is 10.2 Å². The average molecular weight is 545 g/mol. The summed E-state index contributed by atoms with van der Waals surface area (Å²) in [6.07, 6.45) is 5.00. The van der Waals surface area contributed by atoms with Crippen LogP contribution in [0.1, 0.15) is 60.6 Å². The molecule has 5 rings (SSSR count). The molecule has 1 unspecified atom stereocenters. The number of aromatic nitrogens is 4. The number of furan rings is 1. The molecule has 10 heteroatoms. The van der Waals surface area contributed by atoms with E-state index in [1.54, 1.807) is 24.3 Å². The number of nitrogens with one attached hydrogen (secondary N) is 1. The number of carbonyl (C=O) groups excluding carboxylic acids is 2. The van der Waals surface area contributed by atoms with Gasteiger partial charge in [0.05, 0.1) is 0 Å². The van der Waals surface area contributed by atoms with Crippen LogP contribution in [-0.4, -0.2) is 38.1 Å². The summed E-state index contributed by atoms with van der Waals surface area (Å²) < 4.78 is 19.5. The van der Waals surface area contributed by atoms with Gasteiger partial charge in [0.2, 0.25) is 11.7 Å². The maximum atomic E-state index is 14.1. The quantitative estimate of drug-likeness (QED) is 0.326. The van der Waals surface area contributed by atoms with Crippen LogP contribution < -0.4 is 10.2 Å². The van der Waals surface area contributed by atoms with E-state index in [2.05, 4.69) is 20.7 Å². The minimum absolute atomic E-state index is 0.0246. The summed E-state index contributed by atoms with van der Waals surface area (Å²) in [5, 5.41) is 15.6. The first-order valence-corrected chi connectivity index (χ1v) is 13.6. The third kappa shape index (κ3) is 6.11. The lowest BCUT2D eigenvalue weighted by atomic mass is 9.94. The Morgan fingerprint density at radius 1 is 1.05 bits per heavy atom. The van der Waals surface area contributed by atoms with Gasteiger partial charge in [-0.1, -0.05) is 49.1 Å². The number of aryl methyl sites for hydroxylation is 3. The molecule has 208 valence electrons. The monoisotopic (exact) mass is 544 g/mol. The van der Waals surface area contributed by atoms with Gasteiger partial charge >= 0.3 is 0 Å². The number of nitrogens with zero attached hydrogens (tertiary/aromatic N) is 5. The van der Waals surface area contributed by atoms with E-state index in [4.69, 9.17) is 4.42 Å². The normalized spacial score (nSPS) is 14.6. The van der Waals surface area contributed by atoms with Crippen molar-refractivity contribution in [2.75, 3.05) is 4.90 Å². The van der Waals surface area contributed by atoms with E-state index < -0.39 is 17.8 Å². The van der Waals surface area contributed by atoms with Crippen molar-refractivity contribution in [1.29, 1.82) is 0 Å². The fourth-order valence-corrected chi connectivity index (χ4v) is 5.24. The molecule has 0 bridgehead atoms. The lowest BCUT2D eigenvalue weighted by Crippen LogP contribution is -2.48. The fourth-order valence-electron chi connectivity index (χ4n) is 5.24. The lowest BCUT2D eigenvalue weighted by molar-refractivity contribution is -0.127. The summed E-state index contributed by atoms with van der Waals surface area (Å²) >= 11 is 0. The van der Waals surface area contributed by atoms with Crippen LogP contribution in [0.3, 0.4) is 0 Å². The zero-order chi connectivity index (χ0) is 28.2. The Kier molecular flexibility index (Phi) is 8.04. The average Bonchev–Trinajstić information content (AvgIpc) is 3.58. The summed E-state index contributed by atoms with van der Waals surface area (Å²) in [6.45, 7) is 5.41. The number of tetrazole rings is 1. The second-order valence-electron chi connectivity index (χ2n) is 10.4. The van der Waals surface area contributed by atoms with Crippen LogP contribution in [0.2, 0.25) is 0 Å². The lowest BCUT2D eigenvalue weighted by Gasteiger charge is -2.34. The van der Waals surface area contributed by atoms with Crippen LogP contribution in [0, 0.1) is 26.6 Å². The number of rotatable bonds is 8. The first kappa shape index (κ1) is 27.2. The predicted molar refractivity (Wildman–Crippen MR) is 148 cm³/mol. The number of anilines is 1. The number of benzene rings is 2. The van der Waals surface area contributed by atoms with Crippen molar-refractivity contribution >= 4 is 17.5 Å². The molecule has 1 saturated carbocycles. The second-order valence-corrected chi connectivity index (χ2v) is 10.4. The number of halogens is 1. The molecule has 2 aromatic heterocycles. The van der Waals surface area contributed by atoms with Crippen molar-refractivity contribution in [2.45, 2.75) is 71.5 Å². The van der Waals surface area contributed by atoms with Crippen molar-refractivity contribution < 1.29 is 18.4 Å².